The Morgan fingerprint density at radius 2 is 1.96 bits per heavy atom. The number of esters is 1. The molecule has 0 aliphatic heterocycles. The molecule has 1 aromatic carbocycles. The zero-order valence-corrected chi connectivity index (χ0v) is 15.2. The average molecular weight is 356 g/mol. The molecule has 134 valence electrons. The molecule has 1 rings (SSSR count). The van der Waals surface area contributed by atoms with Crippen LogP contribution < -0.4 is 4.72 Å². The first-order chi connectivity index (χ1) is 11.2. The number of methoxy groups -OCH3 is 1. The van der Waals surface area contributed by atoms with Crippen LogP contribution >= 0.6 is 0 Å². The molecule has 0 radical (unpaired) electrons. The van der Waals surface area contributed by atoms with Gasteiger partial charge < -0.3 is 9.64 Å². The Morgan fingerprint density at radius 1 is 1.29 bits per heavy atom. The van der Waals surface area contributed by atoms with E-state index in [4.69, 9.17) is 0 Å². The van der Waals surface area contributed by atoms with Crippen LogP contribution in [0.4, 0.5) is 0 Å². The molecule has 0 atom stereocenters. The van der Waals surface area contributed by atoms with Gasteiger partial charge in [-0.15, -0.1) is 0 Å². The van der Waals surface area contributed by atoms with Gasteiger partial charge in [-0.3, -0.25) is 9.59 Å². The number of sulfonamides is 1. The molecular formula is C16H24N2O5S. The van der Waals surface area contributed by atoms with E-state index in [1.807, 2.05) is 0 Å². The van der Waals surface area contributed by atoms with Crippen molar-refractivity contribution in [2.75, 3.05) is 20.7 Å². The van der Waals surface area contributed by atoms with E-state index in [9.17, 15) is 18.0 Å². The van der Waals surface area contributed by atoms with Crippen LogP contribution in [0, 0.1) is 0 Å². The molecule has 0 aliphatic rings. The van der Waals surface area contributed by atoms with Crippen LogP contribution in [0.1, 0.15) is 37.0 Å². The number of rotatable bonds is 8. The Labute approximate surface area is 143 Å². The van der Waals surface area contributed by atoms with Crippen molar-refractivity contribution in [2.24, 2.45) is 0 Å². The zero-order valence-electron chi connectivity index (χ0n) is 14.4. The number of ether oxygens (including phenoxy) is 1. The van der Waals surface area contributed by atoms with Gasteiger partial charge in [-0.05, 0) is 38.5 Å². The first kappa shape index (κ1) is 20.1. The number of nitrogens with zero attached hydrogens (tertiary/aromatic N) is 1. The first-order valence-electron chi connectivity index (χ1n) is 7.62. The third kappa shape index (κ3) is 5.93. The van der Waals surface area contributed by atoms with Crippen molar-refractivity contribution in [3.05, 3.63) is 29.8 Å². The number of carbonyl (C=O) groups excluding carboxylic acids is 2. The highest BCUT2D eigenvalue weighted by atomic mass is 32.2. The molecule has 8 heteroatoms. The molecule has 7 nitrogen and oxygen atoms in total. The molecule has 0 bridgehead atoms. The summed E-state index contributed by atoms with van der Waals surface area (Å²) in [7, 11) is -0.737. The van der Waals surface area contributed by atoms with Gasteiger partial charge >= 0.3 is 5.97 Å². The summed E-state index contributed by atoms with van der Waals surface area (Å²) < 4.78 is 31.4. The third-order valence-electron chi connectivity index (χ3n) is 3.23. The van der Waals surface area contributed by atoms with Crippen LogP contribution in [-0.4, -0.2) is 51.9 Å². The second-order valence-electron chi connectivity index (χ2n) is 5.71. The van der Waals surface area contributed by atoms with Crippen molar-refractivity contribution >= 4 is 21.9 Å². The predicted molar refractivity (Wildman–Crippen MR) is 90.1 cm³/mol. The van der Waals surface area contributed by atoms with Crippen LogP contribution in [0.3, 0.4) is 0 Å². The van der Waals surface area contributed by atoms with E-state index in [1.54, 1.807) is 27.0 Å². The number of carbonyl (C=O) groups is 2. The summed E-state index contributed by atoms with van der Waals surface area (Å²) in [4.78, 5) is 25.0. The van der Waals surface area contributed by atoms with Gasteiger partial charge in [-0.2, -0.15) is 0 Å². The van der Waals surface area contributed by atoms with Gasteiger partial charge in [-0.1, -0.05) is 6.07 Å². The molecule has 0 saturated heterocycles. The second-order valence-corrected chi connectivity index (χ2v) is 7.42. The Morgan fingerprint density at radius 3 is 2.54 bits per heavy atom. The standard InChI is InChI=1S/C16H24N2O5S/c1-12(2)17-24(21,22)14-8-5-7-13(11-14)16(20)18(3)10-6-9-15(19)23-4/h5,7-8,11-12,17H,6,9-10H2,1-4H3. The molecule has 1 N–H and O–H groups in total. The molecule has 24 heavy (non-hydrogen) atoms. The Balaban J connectivity index is 2.81. The monoisotopic (exact) mass is 356 g/mol. The van der Waals surface area contributed by atoms with Gasteiger partial charge in [-0.25, -0.2) is 13.1 Å². The minimum absolute atomic E-state index is 0.0463. The lowest BCUT2D eigenvalue weighted by molar-refractivity contribution is -0.140. The van der Waals surface area contributed by atoms with E-state index in [-0.39, 0.29) is 34.8 Å². The second kappa shape index (κ2) is 8.79. The van der Waals surface area contributed by atoms with Gasteiger partial charge in [0.25, 0.3) is 5.91 Å². The van der Waals surface area contributed by atoms with E-state index >= 15 is 0 Å². The van der Waals surface area contributed by atoms with E-state index < -0.39 is 10.0 Å². The maximum Gasteiger partial charge on any atom is 0.305 e. The van der Waals surface area contributed by atoms with Gasteiger partial charge in [0.05, 0.1) is 12.0 Å². The van der Waals surface area contributed by atoms with Crippen molar-refractivity contribution in [3.63, 3.8) is 0 Å². The lowest BCUT2D eigenvalue weighted by Gasteiger charge is -2.17. The van der Waals surface area contributed by atoms with E-state index in [1.165, 1.54) is 30.2 Å². The maximum absolute atomic E-state index is 12.4. The fourth-order valence-electron chi connectivity index (χ4n) is 2.06. The molecule has 0 aromatic heterocycles. The molecule has 0 heterocycles. The van der Waals surface area contributed by atoms with Gasteiger partial charge in [0.1, 0.15) is 0 Å². The predicted octanol–water partition coefficient (Wildman–Crippen LogP) is 1.40. The summed E-state index contributed by atoms with van der Waals surface area (Å²) in [5.74, 6) is -0.634. The van der Waals surface area contributed by atoms with Crippen LogP contribution in [0.25, 0.3) is 0 Å². The summed E-state index contributed by atoms with van der Waals surface area (Å²) in [6.45, 7) is 3.82. The molecule has 0 unspecified atom stereocenters. The van der Waals surface area contributed by atoms with Crippen molar-refractivity contribution in [2.45, 2.75) is 37.6 Å². The summed E-state index contributed by atoms with van der Waals surface area (Å²) in [6, 6.07) is 5.65. The topological polar surface area (TPSA) is 92.8 Å². The number of nitrogens with one attached hydrogen (secondary N) is 1. The van der Waals surface area contributed by atoms with Gasteiger partial charge in [0, 0.05) is 31.6 Å². The van der Waals surface area contributed by atoms with E-state index in [0.29, 0.717) is 13.0 Å². The highest BCUT2D eigenvalue weighted by molar-refractivity contribution is 7.89. The number of hydrogen-bond acceptors (Lipinski definition) is 5. The summed E-state index contributed by atoms with van der Waals surface area (Å²) in [6.07, 6.45) is 0.697. The van der Waals surface area contributed by atoms with Crippen LogP contribution in [0.15, 0.2) is 29.2 Å². The highest BCUT2D eigenvalue weighted by Gasteiger charge is 2.18. The van der Waals surface area contributed by atoms with E-state index in [0.717, 1.165) is 0 Å². The molecule has 0 spiro atoms. The Bertz CT molecular complexity index is 685. The molecule has 1 amide bonds. The van der Waals surface area contributed by atoms with Gasteiger partial charge in [0.15, 0.2) is 0 Å². The summed E-state index contributed by atoms with van der Waals surface area (Å²) in [5, 5.41) is 0. The number of amides is 1. The number of hydrogen-bond donors (Lipinski definition) is 1. The van der Waals surface area contributed by atoms with Crippen molar-refractivity contribution in [3.8, 4) is 0 Å². The van der Waals surface area contributed by atoms with Crippen molar-refractivity contribution in [1.29, 1.82) is 0 Å². The van der Waals surface area contributed by atoms with Crippen molar-refractivity contribution in [1.82, 2.24) is 9.62 Å². The zero-order chi connectivity index (χ0) is 18.3. The SMILES string of the molecule is COC(=O)CCCN(C)C(=O)c1cccc(S(=O)(=O)NC(C)C)c1. The number of benzene rings is 1. The molecular weight excluding hydrogens is 332 g/mol. The quantitative estimate of drug-likeness (QED) is 0.711. The van der Waals surface area contributed by atoms with E-state index in [2.05, 4.69) is 9.46 Å². The Hall–Kier alpha value is -1.93. The van der Waals surface area contributed by atoms with Crippen LogP contribution in [-0.2, 0) is 19.6 Å². The lowest BCUT2D eigenvalue weighted by Crippen LogP contribution is -2.31. The molecule has 0 saturated carbocycles. The highest BCUT2D eigenvalue weighted by Crippen LogP contribution is 2.14. The normalized spacial score (nSPS) is 11.4. The van der Waals surface area contributed by atoms with Crippen LogP contribution in [0.2, 0.25) is 0 Å². The maximum atomic E-state index is 12.4. The first-order valence-corrected chi connectivity index (χ1v) is 9.10. The lowest BCUT2D eigenvalue weighted by atomic mass is 10.2. The fourth-order valence-corrected chi connectivity index (χ4v) is 3.36. The third-order valence-corrected chi connectivity index (χ3v) is 4.89. The smallest absolute Gasteiger partial charge is 0.305 e. The fraction of sp³-hybridized carbons (Fsp3) is 0.500. The summed E-state index contributed by atoms with van der Waals surface area (Å²) in [5.41, 5.74) is 0.280. The molecule has 0 fully saturated rings. The Kier molecular flexibility index (Phi) is 7.37. The summed E-state index contributed by atoms with van der Waals surface area (Å²) >= 11 is 0. The average Bonchev–Trinajstić information content (AvgIpc) is 2.52. The van der Waals surface area contributed by atoms with Gasteiger partial charge in [0.2, 0.25) is 10.0 Å². The minimum Gasteiger partial charge on any atom is -0.469 e. The molecule has 0 aliphatic carbocycles. The van der Waals surface area contributed by atoms with Crippen molar-refractivity contribution < 1.29 is 22.7 Å². The van der Waals surface area contributed by atoms with Crippen LogP contribution in [0.5, 0.6) is 0 Å². The minimum atomic E-state index is -3.65. The molecule has 1 aromatic rings. The largest absolute Gasteiger partial charge is 0.469 e.